The van der Waals surface area contributed by atoms with Crippen molar-refractivity contribution >= 4 is 49.7 Å². The molecule has 0 bridgehead atoms. The Bertz CT molecular complexity index is 1200. The average Bonchev–Trinajstić information content (AvgIpc) is 3.18. The Morgan fingerprint density at radius 1 is 1.10 bits per heavy atom. The van der Waals surface area contributed by atoms with Crippen LogP contribution in [0.15, 0.2) is 40.7 Å². The summed E-state index contributed by atoms with van der Waals surface area (Å²) in [6, 6.07) is 9.76. The summed E-state index contributed by atoms with van der Waals surface area (Å²) in [4.78, 5) is 12.3. The van der Waals surface area contributed by atoms with E-state index in [1.54, 1.807) is 18.2 Å². The third-order valence-electron chi connectivity index (χ3n) is 3.86. The quantitative estimate of drug-likeness (QED) is 0.508. The summed E-state index contributed by atoms with van der Waals surface area (Å²) in [5.74, 6) is 0.0382. The van der Waals surface area contributed by atoms with Crippen molar-refractivity contribution in [1.82, 2.24) is 10.2 Å². The highest BCUT2D eigenvalue weighted by molar-refractivity contribution is 7.94. The third kappa shape index (κ3) is 4.81. The van der Waals surface area contributed by atoms with Crippen LogP contribution in [0, 0.1) is 6.92 Å². The number of aromatic nitrogens is 2. The number of hydrogen-bond donors (Lipinski definition) is 2. The predicted octanol–water partition coefficient (Wildman–Crippen LogP) is 3.57. The van der Waals surface area contributed by atoms with E-state index >= 15 is 0 Å². The van der Waals surface area contributed by atoms with Gasteiger partial charge in [0.05, 0.1) is 24.9 Å². The van der Waals surface area contributed by atoms with E-state index in [4.69, 9.17) is 21.1 Å². The molecule has 158 valence electrons. The lowest BCUT2D eigenvalue weighted by Gasteiger charge is -2.13. The minimum Gasteiger partial charge on any atom is -0.495 e. The lowest BCUT2D eigenvalue weighted by atomic mass is 10.1. The number of methoxy groups -OCH3 is 2. The minimum absolute atomic E-state index is 0.0440. The number of ether oxygens (including phenoxy) is 2. The van der Waals surface area contributed by atoms with Gasteiger partial charge in [-0.3, -0.25) is 14.8 Å². The molecule has 2 N–H and O–H groups in total. The van der Waals surface area contributed by atoms with Gasteiger partial charge in [0.15, 0.2) is 0 Å². The molecule has 1 heterocycles. The molecule has 3 aromatic rings. The molecule has 0 unspecified atom stereocenters. The van der Waals surface area contributed by atoms with Crippen molar-refractivity contribution in [3.05, 3.63) is 52.5 Å². The first-order chi connectivity index (χ1) is 14.2. The Labute approximate surface area is 182 Å². The van der Waals surface area contributed by atoms with Gasteiger partial charge in [0.25, 0.3) is 20.3 Å². The molecule has 0 aliphatic carbocycles. The van der Waals surface area contributed by atoms with Crippen LogP contribution in [0.4, 0.5) is 10.8 Å². The number of halogens is 1. The van der Waals surface area contributed by atoms with E-state index in [1.807, 2.05) is 13.0 Å². The number of carbonyl (C=O) groups excluding carboxylic acids is 1. The molecule has 0 atom stereocenters. The van der Waals surface area contributed by atoms with E-state index in [1.165, 1.54) is 26.4 Å². The highest BCUT2D eigenvalue weighted by atomic mass is 35.5. The molecule has 2 aromatic carbocycles. The summed E-state index contributed by atoms with van der Waals surface area (Å²) in [5.41, 5.74) is 1.45. The van der Waals surface area contributed by atoms with Gasteiger partial charge in [-0.1, -0.05) is 40.6 Å². The van der Waals surface area contributed by atoms with Crippen molar-refractivity contribution in [1.29, 1.82) is 0 Å². The van der Waals surface area contributed by atoms with Gasteiger partial charge in [0, 0.05) is 17.7 Å². The zero-order valence-electron chi connectivity index (χ0n) is 16.1. The smallest absolute Gasteiger partial charge is 0.291 e. The van der Waals surface area contributed by atoms with Crippen LogP contribution in [0.25, 0.3) is 0 Å². The standard InChI is InChI=1S/C18H17ClN4O5S2/c1-10-5-4-6-11(7-10)16(24)20-17-21-22-18(29-17)30(25,26)23-13-9-14(27-2)12(19)8-15(13)28-3/h4-9,23H,1-3H3,(H,20,21,24). The van der Waals surface area contributed by atoms with Crippen molar-refractivity contribution in [2.45, 2.75) is 11.3 Å². The lowest BCUT2D eigenvalue weighted by Crippen LogP contribution is -2.13. The van der Waals surface area contributed by atoms with Gasteiger partial charge in [-0.2, -0.15) is 8.42 Å². The zero-order valence-corrected chi connectivity index (χ0v) is 18.5. The number of rotatable bonds is 7. The summed E-state index contributed by atoms with van der Waals surface area (Å²) in [7, 11) is -1.33. The predicted molar refractivity (Wildman–Crippen MR) is 114 cm³/mol. The van der Waals surface area contributed by atoms with E-state index in [-0.39, 0.29) is 31.7 Å². The summed E-state index contributed by atoms with van der Waals surface area (Å²) in [5, 5.41) is 10.3. The zero-order chi connectivity index (χ0) is 21.9. The fourth-order valence-electron chi connectivity index (χ4n) is 2.45. The van der Waals surface area contributed by atoms with Crippen molar-refractivity contribution in [2.24, 2.45) is 0 Å². The molecule has 12 heteroatoms. The molecular weight excluding hydrogens is 452 g/mol. The first-order valence-corrected chi connectivity index (χ1v) is 11.1. The van der Waals surface area contributed by atoms with Crippen molar-refractivity contribution in [3.63, 3.8) is 0 Å². The summed E-state index contributed by atoms with van der Waals surface area (Å²) < 4.78 is 37.8. The Hall–Kier alpha value is -2.89. The first-order valence-electron chi connectivity index (χ1n) is 8.39. The Balaban J connectivity index is 1.81. The number of carbonyl (C=O) groups is 1. The van der Waals surface area contributed by atoms with E-state index in [9.17, 15) is 13.2 Å². The number of aryl methyl sites for hydroxylation is 1. The topological polar surface area (TPSA) is 120 Å². The number of hydrogen-bond acceptors (Lipinski definition) is 8. The highest BCUT2D eigenvalue weighted by Crippen LogP contribution is 2.37. The molecule has 30 heavy (non-hydrogen) atoms. The second-order valence-corrected chi connectivity index (χ2v) is 9.23. The van der Waals surface area contributed by atoms with Gasteiger partial charge in [-0.05, 0) is 19.1 Å². The fourth-order valence-corrected chi connectivity index (χ4v) is 4.64. The van der Waals surface area contributed by atoms with Gasteiger partial charge in [-0.25, -0.2) is 0 Å². The van der Waals surface area contributed by atoms with Gasteiger partial charge in [-0.15, -0.1) is 10.2 Å². The molecule has 0 radical (unpaired) electrons. The molecule has 0 aliphatic heterocycles. The van der Waals surface area contributed by atoms with Crippen LogP contribution in [0.1, 0.15) is 15.9 Å². The Morgan fingerprint density at radius 3 is 2.50 bits per heavy atom. The van der Waals surface area contributed by atoms with Crippen LogP contribution >= 0.6 is 22.9 Å². The number of anilines is 2. The maximum absolute atomic E-state index is 12.7. The molecule has 0 saturated carbocycles. The van der Waals surface area contributed by atoms with Crippen LogP contribution in [0.2, 0.25) is 5.02 Å². The molecule has 1 aromatic heterocycles. The van der Waals surface area contributed by atoms with Crippen molar-refractivity contribution in [2.75, 3.05) is 24.3 Å². The average molecular weight is 469 g/mol. The largest absolute Gasteiger partial charge is 0.495 e. The molecule has 0 aliphatic rings. The number of nitrogens with zero attached hydrogens (tertiary/aromatic N) is 2. The van der Waals surface area contributed by atoms with Gasteiger partial charge in [0.2, 0.25) is 5.13 Å². The molecule has 0 fully saturated rings. The van der Waals surface area contributed by atoms with Gasteiger partial charge < -0.3 is 9.47 Å². The SMILES string of the molecule is COc1cc(NS(=O)(=O)c2nnc(NC(=O)c3cccc(C)c3)s2)c(OC)cc1Cl. The number of amides is 1. The lowest BCUT2D eigenvalue weighted by molar-refractivity contribution is 0.102. The molecule has 3 rings (SSSR count). The highest BCUT2D eigenvalue weighted by Gasteiger charge is 2.24. The second kappa shape index (κ2) is 8.86. The number of benzene rings is 2. The van der Waals surface area contributed by atoms with Crippen LogP contribution in [0.5, 0.6) is 11.5 Å². The third-order valence-corrected chi connectivity index (χ3v) is 6.72. The van der Waals surface area contributed by atoms with Crippen LogP contribution in [-0.4, -0.2) is 38.7 Å². The van der Waals surface area contributed by atoms with Crippen LogP contribution < -0.4 is 19.5 Å². The van der Waals surface area contributed by atoms with Gasteiger partial charge in [0.1, 0.15) is 11.5 Å². The summed E-state index contributed by atoms with van der Waals surface area (Å²) in [6.07, 6.45) is 0. The first kappa shape index (κ1) is 21.8. The van der Waals surface area contributed by atoms with E-state index in [2.05, 4.69) is 20.2 Å². The van der Waals surface area contributed by atoms with Crippen LogP contribution in [0.3, 0.4) is 0 Å². The number of sulfonamides is 1. The van der Waals surface area contributed by atoms with Crippen molar-refractivity contribution < 1.29 is 22.7 Å². The summed E-state index contributed by atoms with van der Waals surface area (Å²) >= 11 is 6.75. The minimum atomic E-state index is -4.11. The molecule has 0 spiro atoms. The van der Waals surface area contributed by atoms with Crippen molar-refractivity contribution in [3.8, 4) is 11.5 Å². The van der Waals surface area contributed by atoms with Gasteiger partial charge >= 0.3 is 0 Å². The Morgan fingerprint density at radius 2 is 1.83 bits per heavy atom. The monoisotopic (exact) mass is 468 g/mol. The van der Waals surface area contributed by atoms with E-state index < -0.39 is 15.9 Å². The van der Waals surface area contributed by atoms with Crippen LogP contribution in [-0.2, 0) is 10.0 Å². The fraction of sp³-hybridized carbons (Fsp3) is 0.167. The maximum Gasteiger partial charge on any atom is 0.291 e. The van der Waals surface area contributed by atoms with E-state index in [0.717, 1.165) is 5.56 Å². The molecular formula is C18H17ClN4O5S2. The second-order valence-electron chi connectivity index (χ2n) is 5.99. The number of nitrogens with one attached hydrogen (secondary N) is 2. The Kier molecular flexibility index (Phi) is 6.44. The molecule has 0 saturated heterocycles. The molecule has 9 nitrogen and oxygen atoms in total. The molecule has 1 amide bonds. The summed E-state index contributed by atoms with van der Waals surface area (Å²) in [6.45, 7) is 1.86. The maximum atomic E-state index is 12.7. The van der Waals surface area contributed by atoms with E-state index in [0.29, 0.717) is 16.9 Å². The normalized spacial score (nSPS) is 11.1.